The standard InChI is InChI=1S/C17H12Cl2N4O3/c18-11-1-4-13(5-2-11)23-9-10(8-20-23)16(25)21-22-17(26)14-7-12(19)3-6-15(14)24/h1-9,24H,(H,21,25)(H,22,26). The number of nitrogens with one attached hydrogen (secondary N) is 2. The average molecular weight is 391 g/mol. The second-order valence-corrected chi connectivity index (χ2v) is 6.09. The Morgan fingerprint density at radius 2 is 1.62 bits per heavy atom. The van der Waals surface area contributed by atoms with Crippen LogP contribution in [0.4, 0.5) is 0 Å². The summed E-state index contributed by atoms with van der Waals surface area (Å²) in [6.07, 6.45) is 2.86. The van der Waals surface area contributed by atoms with E-state index in [4.69, 9.17) is 23.2 Å². The fraction of sp³-hybridized carbons (Fsp3) is 0. The Labute approximate surface area is 158 Å². The van der Waals surface area contributed by atoms with Gasteiger partial charge in [0.05, 0.1) is 23.0 Å². The molecule has 26 heavy (non-hydrogen) atoms. The molecule has 7 nitrogen and oxygen atoms in total. The molecule has 1 aromatic heterocycles. The number of aromatic hydroxyl groups is 1. The van der Waals surface area contributed by atoms with Crippen LogP contribution in [0.15, 0.2) is 54.9 Å². The Morgan fingerprint density at radius 3 is 2.35 bits per heavy atom. The molecule has 0 aliphatic heterocycles. The van der Waals surface area contributed by atoms with Crippen LogP contribution >= 0.6 is 23.2 Å². The van der Waals surface area contributed by atoms with Crippen molar-refractivity contribution in [1.29, 1.82) is 0 Å². The molecule has 0 radical (unpaired) electrons. The summed E-state index contributed by atoms with van der Waals surface area (Å²) in [7, 11) is 0. The van der Waals surface area contributed by atoms with E-state index in [1.807, 2.05) is 0 Å². The van der Waals surface area contributed by atoms with Crippen LogP contribution in [0.5, 0.6) is 5.75 Å². The fourth-order valence-electron chi connectivity index (χ4n) is 2.12. The first kappa shape index (κ1) is 17.8. The monoisotopic (exact) mass is 390 g/mol. The minimum atomic E-state index is -0.705. The van der Waals surface area contributed by atoms with E-state index in [2.05, 4.69) is 16.0 Å². The molecular weight excluding hydrogens is 379 g/mol. The van der Waals surface area contributed by atoms with Crippen molar-refractivity contribution in [2.45, 2.75) is 0 Å². The van der Waals surface area contributed by atoms with E-state index in [-0.39, 0.29) is 21.9 Å². The van der Waals surface area contributed by atoms with Crippen molar-refractivity contribution in [1.82, 2.24) is 20.6 Å². The molecule has 0 fully saturated rings. The zero-order chi connectivity index (χ0) is 18.7. The predicted octanol–water partition coefficient (Wildman–Crippen LogP) is 2.96. The number of benzene rings is 2. The van der Waals surface area contributed by atoms with Gasteiger partial charge in [-0.25, -0.2) is 4.68 Å². The number of amides is 2. The topological polar surface area (TPSA) is 96.2 Å². The van der Waals surface area contributed by atoms with Crippen molar-refractivity contribution in [3.8, 4) is 11.4 Å². The summed E-state index contributed by atoms with van der Waals surface area (Å²) < 4.78 is 1.50. The van der Waals surface area contributed by atoms with Gasteiger partial charge in [0, 0.05) is 16.2 Å². The van der Waals surface area contributed by atoms with Gasteiger partial charge in [-0.1, -0.05) is 23.2 Å². The summed E-state index contributed by atoms with van der Waals surface area (Å²) in [5.41, 5.74) is 5.36. The predicted molar refractivity (Wildman–Crippen MR) is 96.6 cm³/mol. The van der Waals surface area contributed by atoms with E-state index in [1.54, 1.807) is 24.3 Å². The maximum atomic E-state index is 12.1. The number of hydrogen-bond donors (Lipinski definition) is 3. The van der Waals surface area contributed by atoms with E-state index >= 15 is 0 Å². The third-order valence-corrected chi connectivity index (χ3v) is 3.92. The van der Waals surface area contributed by atoms with Crippen molar-refractivity contribution in [3.05, 3.63) is 76.0 Å². The van der Waals surface area contributed by atoms with Crippen LogP contribution in [-0.4, -0.2) is 26.7 Å². The summed E-state index contributed by atoms with van der Waals surface area (Å²) in [5, 5.41) is 14.6. The first-order chi connectivity index (χ1) is 12.4. The number of aromatic nitrogens is 2. The number of phenols is 1. The molecule has 0 spiro atoms. The van der Waals surface area contributed by atoms with Gasteiger partial charge in [-0.15, -0.1) is 0 Å². The van der Waals surface area contributed by atoms with Gasteiger partial charge >= 0.3 is 0 Å². The molecule has 3 rings (SSSR count). The van der Waals surface area contributed by atoms with Gasteiger partial charge in [0.2, 0.25) is 0 Å². The van der Waals surface area contributed by atoms with Crippen molar-refractivity contribution in [2.24, 2.45) is 0 Å². The second-order valence-electron chi connectivity index (χ2n) is 5.22. The number of rotatable bonds is 3. The molecule has 132 valence electrons. The maximum absolute atomic E-state index is 12.1. The number of halogens is 2. The van der Waals surface area contributed by atoms with Gasteiger partial charge < -0.3 is 5.11 Å². The quantitative estimate of drug-likeness (QED) is 0.598. The van der Waals surface area contributed by atoms with Crippen LogP contribution in [0.1, 0.15) is 20.7 Å². The molecule has 0 aliphatic carbocycles. The maximum Gasteiger partial charge on any atom is 0.273 e. The summed E-state index contributed by atoms with van der Waals surface area (Å²) >= 11 is 11.6. The number of carbonyl (C=O) groups is 2. The summed E-state index contributed by atoms with van der Waals surface area (Å²) in [6, 6.07) is 10.9. The molecule has 2 aromatic carbocycles. The molecule has 0 unspecified atom stereocenters. The number of hydrazine groups is 1. The summed E-state index contributed by atoms with van der Waals surface area (Å²) in [4.78, 5) is 24.2. The second kappa shape index (κ2) is 7.47. The highest BCUT2D eigenvalue weighted by atomic mass is 35.5. The highest BCUT2D eigenvalue weighted by Gasteiger charge is 2.14. The third kappa shape index (κ3) is 3.96. The number of carbonyl (C=O) groups excluding carboxylic acids is 2. The van der Waals surface area contributed by atoms with E-state index < -0.39 is 11.8 Å². The van der Waals surface area contributed by atoms with Crippen LogP contribution in [-0.2, 0) is 0 Å². The minimum Gasteiger partial charge on any atom is -0.507 e. The van der Waals surface area contributed by atoms with E-state index in [0.29, 0.717) is 5.02 Å². The van der Waals surface area contributed by atoms with E-state index in [1.165, 1.54) is 35.3 Å². The molecule has 0 atom stereocenters. The molecule has 2 amide bonds. The van der Waals surface area contributed by atoms with E-state index in [9.17, 15) is 14.7 Å². The van der Waals surface area contributed by atoms with Crippen molar-refractivity contribution < 1.29 is 14.7 Å². The zero-order valence-corrected chi connectivity index (χ0v) is 14.6. The molecule has 1 heterocycles. The lowest BCUT2D eigenvalue weighted by Crippen LogP contribution is -2.41. The Hall–Kier alpha value is -3.03. The SMILES string of the molecule is O=C(NNC(=O)c1cc(Cl)ccc1O)c1cnn(-c2ccc(Cl)cc2)c1. The Balaban J connectivity index is 1.66. The highest BCUT2D eigenvalue weighted by Crippen LogP contribution is 2.21. The zero-order valence-electron chi connectivity index (χ0n) is 13.1. The number of hydrogen-bond acceptors (Lipinski definition) is 4. The number of nitrogens with zero attached hydrogens (tertiary/aromatic N) is 2. The van der Waals surface area contributed by atoms with Crippen LogP contribution in [0.2, 0.25) is 10.0 Å². The van der Waals surface area contributed by atoms with Gasteiger partial charge in [-0.3, -0.25) is 20.4 Å². The molecule has 0 bridgehead atoms. The fourth-order valence-corrected chi connectivity index (χ4v) is 2.42. The normalized spacial score (nSPS) is 10.4. The highest BCUT2D eigenvalue weighted by molar-refractivity contribution is 6.31. The molecule has 3 N–H and O–H groups in total. The average Bonchev–Trinajstić information content (AvgIpc) is 3.12. The Morgan fingerprint density at radius 1 is 0.962 bits per heavy atom. The van der Waals surface area contributed by atoms with Crippen LogP contribution in [0.25, 0.3) is 5.69 Å². The largest absolute Gasteiger partial charge is 0.507 e. The lowest BCUT2D eigenvalue weighted by atomic mass is 10.2. The summed E-state index contributed by atoms with van der Waals surface area (Å²) in [6.45, 7) is 0. The molecule has 0 aliphatic rings. The van der Waals surface area contributed by atoms with Gasteiger partial charge in [0.1, 0.15) is 5.75 Å². The van der Waals surface area contributed by atoms with E-state index in [0.717, 1.165) is 5.69 Å². The van der Waals surface area contributed by atoms with Crippen molar-refractivity contribution in [2.75, 3.05) is 0 Å². The lowest BCUT2D eigenvalue weighted by molar-refractivity contribution is 0.0845. The van der Waals surface area contributed by atoms with Crippen LogP contribution in [0, 0.1) is 0 Å². The molecule has 9 heteroatoms. The van der Waals surface area contributed by atoms with Crippen LogP contribution < -0.4 is 10.9 Å². The third-order valence-electron chi connectivity index (χ3n) is 3.43. The molecular formula is C17H12Cl2N4O3. The van der Waals surface area contributed by atoms with Gasteiger partial charge in [-0.05, 0) is 42.5 Å². The van der Waals surface area contributed by atoms with Gasteiger partial charge in [0.25, 0.3) is 11.8 Å². The molecule has 3 aromatic rings. The van der Waals surface area contributed by atoms with Crippen LogP contribution in [0.3, 0.4) is 0 Å². The Bertz CT molecular complexity index is 970. The molecule has 0 saturated carbocycles. The van der Waals surface area contributed by atoms with Gasteiger partial charge in [-0.2, -0.15) is 5.10 Å². The first-order valence-corrected chi connectivity index (χ1v) is 8.09. The smallest absolute Gasteiger partial charge is 0.273 e. The van der Waals surface area contributed by atoms with Gasteiger partial charge in [0.15, 0.2) is 0 Å². The molecule has 0 saturated heterocycles. The lowest BCUT2D eigenvalue weighted by Gasteiger charge is -2.08. The first-order valence-electron chi connectivity index (χ1n) is 7.34. The van der Waals surface area contributed by atoms with Crippen molar-refractivity contribution in [3.63, 3.8) is 0 Å². The Kier molecular flexibility index (Phi) is 5.11. The number of phenolic OH excluding ortho intramolecular Hbond substituents is 1. The van der Waals surface area contributed by atoms with Crippen molar-refractivity contribution >= 4 is 35.0 Å². The minimum absolute atomic E-state index is 0.0605. The summed E-state index contributed by atoms with van der Waals surface area (Å²) in [5.74, 6) is -1.53.